The summed E-state index contributed by atoms with van der Waals surface area (Å²) in [5, 5.41) is 4.22. The Balaban J connectivity index is 1.38. The molecule has 1 aliphatic heterocycles. The molecule has 0 radical (unpaired) electrons. The molecule has 2 aliphatic rings. The Morgan fingerprint density at radius 1 is 1.12 bits per heavy atom. The minimum Gasteiger partial charge on any atom is -0.384 e. The van der Waals surface area contributed by atoms with Gasteiger partial charge in [0.05, 0.1) is 21.1 Å². The molecule has 2 aromatic carbocycles. The number of benzene rings is 2. The van der Waals surface area contributed by atoms with E-state index in [1.807, 2.05) is 6.07 Å². The number of aromatic nitrogens is 4. The fraction of sp³-hybridized carbons (Fsp3) is 0.217. The van der Waals surface area contributed by atoms with Crippen LogP contribution in [0.3, 0.4) is 0 Å². The summed E-state index contributed by atoms with van der Waals surface area (Å²) in [7, 11) is 2.17. The van der Waals surface area contributed by atoms with Crippen LogP contribution < -0.4 is 16.7 Å². The van der Waals surface area contributed by atoms with Crippen LogP contribution in [-0.4, -0.2) is 38.0 Å². The number of anilines is 3. The Morgan fingerprint density at radius 3 is 2.70 bits per heavy atom. The fourth-order valence-corrected chi connectivity index (χ4v) is 5.58. The number of nitrogens with one attached hydrogen (secondary N) is 1. The zero-order valence-electron chi connectivity index (χ0n) is 17.6. The summed E-state index contributed by atoms with van der Waals surface area (Å²) in [4.78, 5) is 28.2. The first-order valence-electron chi connectivity index (χ1n) is 10.5. The van der Waals surface area contributed by atoms with Crippen LogP contribution in [-0.2, 0) is 0 Å². The Labute approximate surface area is 199 Å². The minimum absolute atomic E-state index is 0.114. The number of hydrogen-bond donors (Lipinski definition) is 2. The van der Waals surface area contributed by atoms with Gasteiger partial charge in [-0.1, -0.05) is 35.3 Å². The SMILES string of the molecule is CN1CC2CC1c1cc(Nc3ncc4c(N)n(-c5c(Cl)cccc5Cl)c(=O)nc4n3)ccc12. The van der Waals surface area contributed by atoms with E-state index in [9.17, 15) is 4.79 Å². The topological polar surface area (TPSA) is 102 Å². The number of hydrogen-bond acceptors (Lipinski definition) is 7. The van der Waals surface area contributed by atoms with Crippen molar-refractivity contribution in [3.05, 3.63) is 74.3 Å². The minimum atomic E-state index is -0.628. The second-order valence-corrected chi connectivity index (χ2v) is 9.29. The highest BCUT2D eigenvalue weighted by molar-refractivity contribution is 6.37. The number of likely N-dealkylation sites (tertiary alicyclic amines) is 1. The third kappa shape index (κ3) is 3.17. The zero-order valence-corrected chi connectivity index (χ0v) is 19.1. The van der Waals surface area contributed by atoms with Gasteiger partial charge in [-0.3, -0.25) is 4.90 Å². The molecule has 4 aromatic rings. The van der Waals surface area contributed by atoms with Crippen LogP contribution in [0.2, 0.25) is 10.0 Å². The molecule has 33 heavy (non-hydrogen) atoms. The summed E-state index contributed by atoms with van der Waals surface area (Å²) in [6.07, 6.45) is 2.71. The molecule has 2 atom stereocenters. The van der Waals surface area contributed by atoms with Crippen molar-refractivity contribution in [1.82, 2.24) is 24.4 Å². The highest BCUT2D eigenvalue weighted by Gasteiger charge is 2.40. The van der Waals surface area contributed by atoms with Crippen molar-refractivity contribution < 1.29 is 0 Å². The molecular formula is C23H19Cl2N7O. The molecule has 166 valence electrons. The lowest BCUT2D eigenvalue weighted by Gasteiger charge is -2.25. The highest BCUT2D eigenvalue weighted by atomic mass is 35.5. The Hall–Kier alpha value is -3.20. The van der Waals surface area contributed by atoms with Crippen LogP contribution in [0.4, 0.5) is 17.5 Å². The van der Waals surface area contributed by atoms with E-state index in [4.69, 9.17) is 28.9 Å². The second kappa shape index (κ2) is 7.41. The number of nitrogens with two attached hydrogens (primary N) is 1. The monoisotopic (exact) mass is 479 g/mol. The van der Waals surface area contributed by atoms with E-state index in [0.29, 0.717) is 23.3 Å². The predicted octanol–water partition coefficient (Wildman–Crippen LogP) is 4.28. The Bertz CT molecular complexity index is 1480. The first-order chi connectivity index (χ1) is 15.9. The largest absolute Gasteiger partial charge is 0.384 e. The number of halogens is 2. The van der Waals surface area contributed by atoms with Gasteiger partial charge in [0, 0.05) is 24.5 Å². The average Bonchev–Trinajstić information content (AvgIpc) is 3.33. The van der Waals surface area contributed by atoms with Crippen LogP contribution >= 0.6 is 23.2 Å². The number of nitrogen functional groups attached to an aromatic ring is 1. The van der Waals surface area contributed by atoms with Crippen molar-refractivity contribution in [2.45, 2.75) is 18.4 Å². The standard InChI is InChI=1S/C23H19Cl2N7O/c1-31-10-11-7-18(31)14-8-12(5-6-13(11)14)28-22-27-9-15-20(26)32(23(33)30-21(15)29-22)19-16(24)3-2-4-17(19)25/h2-6,8-9,11,18H,7,10,26H2,1H3,(H,28,29,30,33). The average molecular weight is 480 g/mol. The molecular weight excluding hydrogens is 461 g/mol. The van der Waals surface area contributed by atoms with Gasteiger partial charge in [-0.2, -0.15) is 9.97 Å². The third-order valence-electron chi connectivity index (χ3n) is 6.53. The van der Waals surface area contributed by atoms with Gasteiger partial charge in [0.1, 0.15) is 5.82 Å². The molecule has 1 saturated heterocycles. The van der Waals surface area contributed by atoms with Gasteiger partial charge in [0.2, 0.25) is 5.95 Å². The lowest BCUT2D eigenvalue weighted by atomic mass is 9.99. The lowest BCUT2D eigenvalue weighted by Crippen LogP contribution is -2.25. The molecule has 8 nitrogen and oxygen atoms in total. The van der Waals surface area contributed by atoms with E-state index in [1.54, 1.807) is 18.2 Å². The van der Waals surface area contributed by atoms with Gasteiger partial charge < -0.3 is 11.1 Å². The smallest absolute Gasteiger partial charge is 0.355 e. The van der Waals surface area contributed by atoms with Crippen molar-refractivity contribution in [2.75, 3.05) is 24.6 Å². The molecule has 10 heteroatoms. The number of likely N-dealkylation sites (N-methyl/N-ethyl adjacent to an activating group) is 1. The maximum absolute atomic E-state index is 12.8. The number of rotatable bonds is 3. The molecule has 2 aromatic heterocycles. The van der Waals surface area contributed by atoms with Crippen molar-refractivity contribution in [3.63, 3.8) is 0 Å². The summed E-state index contributed by atoms with van der Waals surface area (Å²) in [5.41, 5.74) is 9.80. The number of fused-ring (bicyclic) bond motifs is 6. The summed E-state index contributed by atoms with van der Waals surface area (Å²) in [6.45, 7) is 1.11. The van der Waals surface area contributed by atoms with Crippen LogP contribution in [0, 0.1) is 0 Å². The maximum Gasteiger partial charge on any atom is 0.355 e. The van der Waals surface area contributed by atoms with E-state index in [-0.39, 0.29) is 27.2 Å². The van der Waals surface area contributed by atoms with E-state index in [1.165, 1.54) is 28.3 Å². The van der Waals surface area contributed by atoms with Gasteiger partial charge in [-0.25, -0.2) is 14.3 Å². The third-order valence-corrected chi connectivity index (χ3v) is 7.14. The van der Waals surface area contributed by atoms with E-state index in [2.05, 4.69) is 44.3 Å². The van der Waals surface area contributed by atoms with Gasteiger partial charge >= 0.3 is 5.69 Å². The van der Waals surface area contributed by atoms with Crippen LogP contribution in [0.25, 0.3) is 16.7 Å². The van der Waals surface area contributed by atoms with E-state index in [0.717, 1.165) is 12.2 Å². The molecule has 6 rings (SSSR count). The van der Waals surface area contributed by atoms with Gasteiger partial charge in [-0.15, -0.1) is 0 Å². The Morgan fingerprint density at radius 2 is 1.91 bits per heavy atom. The molecule has 1 fully saturated rings. The van der Waals surface area contributed by atoms with Crippen LogP contribution in [0.5, 0.6) is 0 Å². The molecule has 0 amide bonds. The van der Waals surface area contributed by atoms with Crippen LogP contribution in [0.15, 0.2) is 47.4 Å². The molecule has 3 heterocycles. The van der Waals surface area contributed by atoms with Crippen molar-refractivity contribution in [3.8, 4) is 5.69 Å². The predicted molar refractivity (Wildman–Crippen MR) is 130 cm³/mol. The molecule has 2 bridgehead atoms. The van der Waals surface area contributed by atoms with Gasteiger partial charge in [0.15, 0.2) is 5.65 Å². The number of para-hydroxylation sites is 1. The normalized spacial score (nSPS) is 19.2. The van der Waals surface area contributed by atoms with E-state index < -0.39 is 5.69 Å². The zero-order chi connectivity index (χ0) is 22.9. The van der Waals surface area contributed by atoms with Gasteiger partial charge in [-0.05, 0) is 54.8 Å². The molecule has 2 unspecified atom stereocenters. The molecule has 1 aliphatic carbocycles. The Kier molecular flexibility index (Phi) is 4.58. The maximum atomic E-state index is 12.8. The summed E-state index contributed by atoms with van der Waals surface area (Å²) in [5.74, 6) is 1.06. The highest BCUT2D eigenvalue weighted by Crippen LogP contribution is 2.50. The molecule has 0 spiro atoms. The van der Waals surface area contributed by atoms with Crippen molar-refractivity contribution in [2.24, 2.45) is 0 Å². The first kappa shape index (κ1) is 20.4. The molecule has 3 N–H and O–H groups in total. The molecule has 0 saturated carbocycles. The van der Waals surface area contributed by atoms with Crippen molar-refractivity contribution in [1.29, 1.82) is 0 Å². The van der Waals surface area contributed by atoms with Crippen LogP contribution in [0.1, 0.15) is 29.5 Å². The van der Waals surface area contributed by atoms with Gasteiger partial charge in [0.25, 0.3) is 0 Å². The second-order valence-electron chi connectivity index (χ2n) is 8.47. The van der Waals surface area contributed by atoms with Crippen molar-refractivity contribution >= 4 is 51.7 Å². The summed E-state index contributed by atoms with van der Waals surface area (Å²) < 4.78 is 1.18. The first-order valence-corrected chi connectivity index (χ1v) is 11.3. The summed E-state index contributed by atoms with van der Waals surface area (Å²) >= 11 is 12.6. The lowest BCUT2D eigenvalue weighted by molar-refractivity contribution is 0.307. The summed E-state index contributed by atoms with van der Waals surface area (Å²) in [6, 6.07) is 11.8. The quantitative estimate of drug-likeness (QED) is 0.451. The fourth-order valence-electron chi connectivity index (χ4n) is 5.01. The number of nitrogens with zero attached hydrogens (tertiary/aromatic N) is 5. The van der Waals surface area contributed by atoms with E-state index >= 15 is 0 Å².